The Hall–Kier alpha value is -2.54. The van der Waals surface area contributed by atoms with E-state index in [4.69, 9.17) is 9.47 Å². The largest absolute Gasteiger partial charge is 0.490 e. The normalized spacial score (nSPS) is 15.2. The number of hydrogen-bond acceptors (Lipinski definition) is 5. The first-order valence-corrected chi connectivity index (χ1v) is 11.5. The van der Waals surface area contributed by atoms with Crippen LogP contribution in [-0.2, 0) is 9.84 Å². The fourth-order valence-electron chi connectivity index (χ4n) is 3.54. The van der Waals surface area contributed by atoms with E-state index >= 15 is 0 Å². The molecule has 1 fully saturated rings. The number of likely N-dealkylation sites (tertiary alicyclic amines) is 1. The quantitative estimate of drug-likeness (QED) is 0.689. The van der Waals surface area contributed by atoms with Gasteiger partial charge < -0.3 is 14.4 Å². The van der Waals surface area contributed by atoms with Gasteiger partial charge in [-0.15, -0.1) is 0 Å². The molecule has 1 saturated heterocycles. The van der Waals surface area contributed by atoms with E-state index in [9.17, 15) is 13.2 Å². The number of amides is 1. The summed E-state index contributed by atoms with van der Waals surface area (Å²) in [6, 6.07) is 13.7. The molecule has 2 aromatic carbocycles. The molecule has 0 aromatic heterocycles. The van der Waals surface area contributed by atoms with Gasteiger partial charge in [-0.2, -0.15) is 0 Å². The molecule has 1 amide bonds. The number of piperidine rings is 1. The van der Waals surface area contributed by atoms with E-state index < -0.39 is 15.1 Å². The number of carbonyl (C=O) groups is 1. The van der Waals surface area contributed by atoms with Crippen LogP contribution in [0.2, 0.25) is 0 Å². The minimum absolute atomic E-state index is 0.121. The van der Waals surface area contributed by atoms with Gasteiger partial charge in [0.05, 0.1) is 23.4 Å². The lowest BCUT2D eigenvalue weighted by molar-refractivity contribution is 0.0725. The Morgan fingerprint density at radius 1 is 0.966 bits per heavy atom. The average Bonchev–Trinajstić information content (AvgIpc) is 2.75. The summed E-state index contributed by atoms with van der Waals surface area (Å²) in [6.45, 7) is 5.57. The first-order chi connectivity index (χ1) is 14.0. The monoisotopic (exact) mass is 417 g/mol. The number of benzene rings is 2. The lowest BCUT2D eigenvalue weighted by Gasteiger charge is -2.32. The van der Waals surface area contributed by atoms with Crippen LogP contribution < -0.4 is 9.47 Å². The highest BCUT2D eigenvalue weighted by Crippen LogP contribution is 2.30. The van der Waals surface area contributed by atoms with Crippen molar-refractivity contribution >= 4 is 15.7 Å². The van der Waals surface area contributed by atoms with Crippen molar-refractivity contribution in [3.05, 3.63) is 54.1 Å². The van der Waals surface area contributed by atoms with Crippen LogP contribution in [0.15, 0.2) is 53.4 Å². The van der Waals surface area contributed by atoms with E-state index in [0.717, 1.165) is 0 Å². The maximum Gasteiger partial charge on any atom is 0.253 e. The van der Waals surface area contributed by atoms with Gasteiger partial charge in [0.15, 0.2) is 21.3 Å². The maximum atomic E-state index is 12.9. The lowest BCUT2D eigenvalue weighted by atomic mass is 10.1. The minimum Gasteiger partial charge on any atom is -0.490 e. The van der Waals surface area contributed by atoms with Crippen LogP contribution >= 0.6 is 0 Å². The number of sulfone groups is 1. The van der Waals surface area contributed by atoms with E-state index in [0.29, 0.717) is 61.1 Å². The number of nitrogens with zero attached hydrogens (tertiary/aromatic N) is 1. The van der Waals surface area contributed by atoms with Crippen LogP contribution in [-0.4, -0.2) is 50.8 Å². The second-order valence-corrected chi connectivity index (χ2v) is 9.11. The summed E-state index contributed by atoms with van der Waals surface area (Å²) in [5.41, 5.74) is 0.515. The third-order valence-electron chi connectivity index (χ3n) is 5.03. The van der Waals surface area contributed by atoms with E-state index in [-0.39, 0.29) is 5.91 Å². The van der Waals surface area contributed by atoms with E-state index in [2.05, 4.69) is 0 Å². The predicted octanol–water partition coefficient (Wildman–Crippen LogP) is 3.56. The van der Waals surface area contributed by atoms with Crippen molar-refractivity contribution < 1.29 is 22.7 Å². The summed E-state index contributed by atoms with van der Waals surface area (Å²) in [5.74, 6) is 1.03. The van der Waals surface area contributed by atoms with Gasteiger partial charge in [-0.1, -0.05) is 18.2 Å². The van der Waals surface area contributed by atoms with Gasteiger partial charge in [-0.3, -0.25) is 4.79 Å². The summed E-state index contributed by atoms with van der Waals surface area (Å²) in [4.78, 5) is 15.0. The highest BCUT2D eigenvalue weighted by molar-refractivity contribution is 7.92. The fourth-order valence-corrected chi connectivity index (χ4v) is 5.29. The summed E-state index contributed by atoms with van der Waals surface area (Å²) < 4.78 is 36.8. The zero-order valence-corrected chi connectivity index (χ0v) is 17.7. The highest BCUT2D eigenvalue weighted by Gasteiger charge is 2.33. The van der Waals surface area contributed by atoms with Gasteiger partial charge in [0, 0.05) is 18.7 Å². The molecule has 0 radical (unpaired) electrons. The molecular weight excluding hydrogens is 390 g/mol. The Labute approximate surface area is 172 Å². The maximum absolute atomic E-state index is 12.9. The highest BCUT2D eigenvalue weighted by atomic mass is 32.2. The molecule has 0 saturated carbocycles. The topological polar surface area (TPSA) is 72.9 Å². The van der Waals surface area contributed by atoms with Crippen LogP contribution in [0, 0.1) is 0 Å². The molecule has 7 heteroatoms. The molecule has 2 aromatic rings. The van der Waals surface area contributed by atoms with Crippen molar-refractivity contribution in [2.45, 2.75) is 36.8 Å². The third kappa shape index (κ3) is 4.72. The van der Waals surface area contributed by atoms with E-state index in [1.807, 2.05) is 13.8 Å². The average molecular weight is 418 g/mol. The molecule has 0 unspecified atom stereocenters. The minimum atomic E-state index is -3.38. The van der Waals surface area contributed by atoms with Crippen molar-refractivity contribution in [3.63, 3.8) is 0 Å². The first kappa shape index (κ1) is 21.2. The Morgan fingerprint density at radius 3 is 2.21 bits per heavy atom. The Morgan fingerprint density at radius 2 is 1.59 bits per heavy atom. The van der Waals surface area contributed by atoms with Crippen LogP contribution in [0.5, 0.6) is 11.5 Å². The van der Waals surface area contributed by atoms with Crippen LogP contribution in [0.3, 0.4) is 0 Å². The van der Waals surface area contributed by atoms with Gasteiger partial charge in [-0.05, 0) is 57.0 Å². The lowest BCUT2D eigenvalue weighted by Crippen LogP contribution is -2.42. The predicted molar refractivity (Wildman–Crippen MR) is 111 cm³/mol. The molecule has 1 aliphatic heterocycles. The summed E-state index contributed by atoms with van der Waals surface area (Å²) >= 11 is 0. The Kier molecular flexibility index (Phi) is 6.79. The number of ether oxygens (including phenoxy) is 2. The van der Waals surface area contributed by atoms with Gasteiger partial charge in [0.1, 0.15) is 0 Å². The number of carbonyl (C=O) groups excluding carboxylic acids is 1. The molecule has 3 rings (SSSR count). The molecule has 0 bridgehead atoms. The van der Waals surface area contributed by atoms with Gasteiger partial charge in [0.25, 0.3) is 5.91 Å². The molecule has 0 N–H and O–H groups in total. The third-order valence-corrected chi connectivity index (χ3v) is 7.31. The van der Waals surface area contributed by atoms with Crippen LogP contribution in [0.4, 0.5) is 0 Å². The molecular formula is C22H27NO5S. The summed E-state index contributed by atoms with van der Waals surface area (Å²) in [7, 11) is -3.38. The van der Waals surface area contributed by atoms with Crippen LogP contribution in [0.25, 0.3) is 0 Å². The molecule has 29 heavy (non-hydrogen) atoms. The summed E-state index contributed by atoms with van der Waals surface area (Å²) in [6.07, 6.45) is 0.858. The molecule has 0 aliphatic carbocycles. The van der Waals surface area contributed by atoms with E-state index in [1.165, 1.54) is 0 Å². The molecule has 156 valence electrons. The second-order valence-electron chi connectivity index (χ2n) is 6.88. The van der Waals surface area contributed by atoms with Gasteiger partial charge in [0.2, 0.25) is 0 Å². The van der Waals surface area contributed by atoms with Crippen LogP contribution in [0.1, 0.15) is 37.0 Å². The Balaban J connectivity index is 1.69. The first-order valence-electron chi connectivity index (χ1n) is 9.95. The number of hydrogen-bond donors (Lipinski definition) is 0. The smallest absolute Gasteiger partial charge is 0.253 e. The molecule has 1 aliphatic rings. The van der Waals surface area contributed by atoms with Gasteiger partial charge in [-0.25, -0.2) is 8.42 Å². The standard InChI is InChI=1S/C22H27NO5S/c1-3-27-20-11-10-17(16-21(20)28-4-2)22(24)23-14-12-19(13-15-23)29(25,26)18-8-6-5-7-9-18/h5-11,16,19H,3-4,12-15H2,1-2H3. The molecule has 6 nitrogen and oxygen atoms in total. The van der Waals surface area contributed by atoms with Gasteiger partial charge >= 0.3 is 0 Å². The van der Waals surface area contributed by atoms with Crippen molar-refractivity contribution in [1.29, 1.82) is 0 Å². The van der Waals surface area contributed by atoms with Crippen molar-refractivity contribution in [1.82, 2.24) is 4.90 Å². The SMILES string of the molecule is CCOc1ccc(C(=O)N2CCC(S(=O)(=O)c3ccccc3)CC2)cc1OCC. The molecule has 1 heterocycles. The zero-order valence-electron chi connectivity index (χ0n) is 16.8. The van der Waals surface area contributed by atoms with Crippen molar-refractivity contribution in [3.8, 4) is 11.5 Å². The number of rotatable bonds is 7. The second kappa shape index (κ2) is 9.31. The summed E-state index contributed by atoms with van der Waals surface area (Å²) in [5, 5.41) is -0.465. The molecule has 0 spiro atoms. The molecule has 0 atom stereocenters. The van der Waals surface area contributed by atoms with Crippen molar-refractivity contribution in [2.75, 3.05) is 26.3 Å². The zero-order chi connectivity index (χ0) is 20.9. The fraction of sp³-hybridized carbons (Fsp3) is 0.409. The van der Waals surface area contributed by atoms with E-state index in [1.54, 1.807) is 53.4 Å². The van der Waals surface area contributed by atoms with Crippen molar-refractivity contribution in [2.24, 2.45) is 0 Å². The Bertz CT molecular complexity index is 935.